The standard InChI is InChI=1S/C17H26ClFN2/c1-12(2)13-4-3-8-21(9-7-13)17(11-20)14-5-6-15(18)16(19)10-14/h5-6,10,12-13,17H,3-4,7-9,11,20H2,1-2H3. The molecule has 0 bridgehead atoms. The summed E-state index contributed by atoms with van der Waals surface area (Å²) in [4.78, 5) is 2.41. The van der Waals surface area contributed by atoms with Gasteiger partial charge in [0, 0.05) is 12.6 Å². The second kappa shape index (κ2) is 7.57. The molecule has 1 saturated heterocycles. The Hall–Kier alpha value is -0.640. The van der Waals surface area contributed by atoms with Gasteiger partial charge < -0.3 is 5.73 Å². The molecule has 0 radical (unpaired) electrons. The van der Waals surface area contributed by atoms with Crippen molar-refractivity contribution < 1.29 is 4.39 Å². The predicted molar refractivity (Wildman–Crippen MR) is 87.0 cm³/mol. The molecule has 4 heteroatoms. The highest BCUT2D eigenvalue weighted by Gasteiger charge is 2.25. The molecule has 0 aliphatic carbocycles. The van der Waals surface area contributed by atoms with Crippen molar-refractivity contribution in [3.05, 3.63) is 34.6 Å². The van der Waals surface area contributed by atoms with Crippen LogP contribution in [0.1, 0.15) is 44.7 Å². The molecule has 1 aliphatic rings. The third-order valence-corrected chi connectivity index (χ3v) is 5.05. The first-order valence-electron chi connectivity index (χ1n) is 7.92. The van der Waals surface area contributed by atoms with Gasteiger partial charge in [-0.3, -0.25) is 4.90 Å². The molecule has 1 heterocycles. The number of likely N-dealkylation sites (tertiary alicyclic amines) is 1. The molecule has 118 valence electrons. The Labute approximate surface area is 132 Å². The fourth-order valence-corrected chi connectivity index (χ4v) is 3.46. The molecule has 2 unspecified atom stereocenters. The van der Waals surface area contributed by atoms with Crippen molar-refractivity contribution in [1.29, 1.82) is 0 Å². The Morgan fingerprint density at radius 3 is 2.71 bits per heavy atom. The minimum Gasteiger partial charge on any atom is -0.329 e. The predicted octanol–water partition coefficient (Wildman–Crippen LogP) is 4.24. The average molecular weight is 313 g/mol. The van der Waals surface area contributed by atoms with Gasteiger partial charge in [0.05, 0.1) is 5.02 Å². The minimum absolute atomic E-state index is 0.0858. The number of hydrogen-bond donors (Lipinski definition) is 1. The van der Waals surface area contributed by atoms with E-state index in [-0.39, 0.29) is 16.9 Å². The van der Waals surface area contributed by atoms with Gasteiger partial charge >= 0.3 is 0 Å². The first-order chi connectivity index (χ1) is 10.0. The summed E-state index contributed by atoms with van der Waals surface area (Å²) in [7, 11) is 0. The second-order valence-corrected chi connectivity index (χ2v) is 6.80. The van der Waals surface area contributed by atoms with Crippen LogP contribution < -0.4 is 5.73 Å². The molecular weight excluding hydrogens is 287 g/mol. The lowest BCUT2D eigenvalue weighted by Crippen LogP contribution is -2.34. The van der Waals surface area contributed by atoms with Crippen molar-refractivity contribution in [2.45, 2.75) is 39.2 Å². The first-order valence-corrected chi connectivity index (χ1v) is 8.29. The Kier molecular flexibility index (Phi) is 6.03. The van der Waals surface area contributed by atoms with Gasteiger partial charge in [0.2, 0.25) is 0 Å². The number of rotatable bonds is 4. The third-order valence-electron chi connectivity index (χ3n) is 4.74. The highest BCUT2D eigenvalue weighted by atomic mass is 35.5. The third kappa shape index (κ3) is 4.18. The van der Waals surface area contributed by atoms with Crippen LogP contribution in [-0.4, -0.2) is 24.5 Å². The zero-order chi connectivity index (χ0) is 15.4. The fourth-order valence-electron chi connectivity index (χ4n) is 3.34. The van der Waals surface area contributed by atoms with Gasteiger partial charge in [-0.2, -0.15) is 0 Å². The summed E-state index contributed by atoms with van der Waals surface area (Å²) in [5.74, 6) is 1.16. The Morgan fingerprint density at radius 2 is 2.10 bits per heavy atom. The van der Waals surface area contributed by atoms with Crippen molar-refractivity contribution in [3.8, 4) is 0 Å². The molecule has 2 nitrogen and oxygen atoms in total. The largest absolute Gasteiger partial charge is 0.329 e. The zero-order valence-corrected chi connectivity index (χ0v) is 13.7. The monoisotopic (exact) mass is 312 g/mol. The van der Waals surface area contributed by atoms with E-state index in [1.54, 1.807) is 6.07 Å². The lowest BCUT2D eigenvalue weighted by Gasteiger charge is -2.30. The van der Waals surface area contributed by atoms with E-state index >= 15 is 0 Å². The number of hydrogen-bond acceptors (Lipinski definition) is 2. The van der Waals surface area contributed by atoms with Gasteiger partial charge in [-0.1, -0.05) is 31.5 Å². The molecule has 1 aromatic carbocycles. The van der Waals surface area contributed by atoms with Crippen LogP contribution in [-0.2, 0) is 0 Å². The molecule has 2 N–H and O–H groups in total. The maximum absolute atomic E-state index is 13.7. The molecule has 1 fully saturated rings. The van der Waals surface area contributed by atoms with Gasteiger partial charge in [-0.25, -0.2) is 4.39 Å². The number of nitrogens with zero attached hydrogens (tertiary/aromatic N) is 1. The Bertz CT molecular complexity index is 464. The van der Waals surface area contributed by atoms with Gasteiger partial charge in [-0.15, -0.1) is 0 Å². The normalized spacial score (nSPS) is 22.3. The molecule has 0 aromatic heterocycles. The van der Waals surface area contributed by atoms with E-state index in [0.717, 1.165) is 30.5 Å². The van der Waals surface area contributed by atoms with E-state index in [4.69, 9.17) is 17.3 Å². The Balaban J connectivity index is 2.11. The van der Waals surface area contributed by atoms with Crippen molar-refractivity contribution in [2.75, 3.05) is 19.6 Å². The summed E-state index contributed by atoms with van der Waals surface area (Å²) >= 11 is 5.77. The first kappa shape index (κ1) is 16.7. The molecule has 1 aromatic rings. The van der Waals surface area contributed by atoms with Crippen LogP contribution >= 0.6 is 11.6 Å². The summed E-state index contributed by atoms with van der Waals surface area (Å²) in [5.41, 5.74) is 6.90. The molecule has 2 atom stereocenters. The Morgan fingerprint density at radius 1 is 1.33 bits per heavy atom. The summed E-state index contributed by atoms with van der Waals surface area (Å²) < 4.78 is 13.7. The van der Waals surface area contributed by atoms with Crippen LogP contribution in [0.15, 0.2) is 18.2 Å². The van der Waals surface area contributed by atoms with Crippen molar-refractivity contribution in [3.63, 3.8) is 0 Å². The van der Waals surface area contributed by atoms with E-state index in [0.29, 0.717) is 6.54 Å². The highest BCUT2D eigenvalue weighted by Crippen LogP contribution is 2.30. The van der Waals surface area contributed by atoms with Crippen LogP contribution in [0, 0.1) is 17.7 Å². The van der Waals surface area contributed by atoms with Crippen LogP contribution in [0.4, 0.5) is 4.39 Å². The van der Waals surface area contributed by atoms with E-state index in [1.807, 2.05) is 6.07 Å². The topological polar surface area (TPSA) is 29.3 Å². The average Bonchev–Trinajstić information content (AvgIpc) is 2.70. The molecule has 21 heavy (non-hydrogen) atoms. The van der Waals surface area contributed by atoms with Crippen LogP contribution in [0.25, 0.3) is 0 Å². The SMILES string of the molecule is CC(C)C1CCCN(C(CN)c2ccc(Cl)c(F)c2)CC1. The number of nitrogens with two attached hydrogens (primary N) is 1. The quantitative estimate of drug-likeness (QED) is 0.901. The van der Waals surface area contributed by atoms with E-state index in [1.165, 1.54) is 25.3 Å². The fraction of sp³-hybridized carbons (Fsp3) is 0.647. The van der Waals surface area contributed by atoms with Gasteiger partial charge in [0.25, 0.3) is 0 Å². The van der Waals surface area contributed by atoms with Gasteiger partial charge in [0.1, 0.15) is 5.82 Å². The van der Waals surface area contributed by atoms with Crippen molar-refractivity contribution in [1.82, 2.24) is 4.90 Å². The highest BCUT2D eigenvalue weighted by molar-refractivity contribution is 6.30. The van der Waals surface area contributed by atoms with Gasteiger partial charge in [0.15, 0.2) is 0 Å². The smallest absolute Gasteiger partial charge is 0.142 e. The van der Waals surface area contributed by atoms with Crippen LogP contribution in [0.5, 0.6) is 0 Å². The van der Waals surface area contributed by atoms with E-state index in [9.17, 15) is 4.39 Å². The molecule has 0 spiro atoms. The number of benzene rings is 1. The second-order valence-electron chi connectivity index (χ2n) is 6.40. The van der Waals surface area contributed by atoms with Crippen LogP contribution in [0.3, 0.4) is 0 Å². The van der Waals surface area contributed by atoms with Crippen molar-refractivity contribution >= 4 is 11.6 Å². The molecule has 0 saturated carbocycles. The summed E-state index contributed by atoms with van der Waals surface area (Å²) in [6, 6.07) is 5.14. The van der Waals surface area contributed by atoms with Crippen molar-refractivity contribution in [2.24, 2.45) is 17.6 Å². The summed E-state index contributed by atoms with van der Waals surface area (Å²) in [5, 5.41) is 0.172. The van der Waals surface area contributed by atoms with E-state index < -0.39 is 0 Å². The lowest BCUT2D eigenvalue weighted by molar-refractivity contribution is 0.203. The molecular formula is C17H26ClFN2. The van der Waals surface area contributed by atoms with Gasteiger partial charge in [-0.05, 0) is 61.9 Å². The molecule has 1 aliphatic heterocycles. The van der Waals surface area contributed by atoms with Crippen LogP contribution in [0.2, 0.25) is 5.02 Å². The lowest BCUT2D eigenvalue weighted by atomic mass is 9.89. The zero-order valence-electron chi connectivity index (χ0n) is 13.0. The number of halogens is 2. The summed E-state index contributed by atoms with van der Waals surface area (Å²) in [6.07, 6.45) is 3.67. The van der Waals surface area contributed by atoms with E-state index in [2.05, 4.69) is 18.7 Å². The summed E-state index contributed by atoms with van der Waals surface area (Å²) in [6.45, 7) is 7.18. The molecule has 0 amide bonds. The minimum atomic E-state index is -0.359. The maximum atomic E-state index is 13.7. The maximum Gasteiger partial charge on any atom is 0.142 e. The molecule has 2 rings (SSSR count).